The zero-order valence-corrected chi connectivity index (χ0v) is 13.0. The van der Waals surface area contributed by atoms with Gasteiger partial charge in [0.05, 0.1) is 10.6 Å². The molecule has 118 valence electrons. The molecule has 0 radical (unpaired) electrons. The highest BCUT2D eigenvalue weighted by Crippen LogP contribution is 2.17. The molecule has 0 saturated carbocycles. The Morgan fingerprint density at radius 2 is 2.00 bits per heavy atom. The van der Waals surface area contributed by atoms with Gasteiger partial charge in [0.25, 0.3) is 0 Å². The summed E-state index contributed by atoms with van der Waals surface area (Å²) in [7, 11) is -3.67. The number of nitrogens with two attached hydrogens (primary N) is 1. The molecular weight excluding hydrogens is 293 g/mol. The summed E-state index contributed by atoms with van der Waals surface area (Å²) in [6, 6.07) is 3.23. The second-order valence-electron chi connectivity index (χ2n) is 5.57. The van der Waals surface area contributed by atoms with Gasteiger partial charge in [-0.25, -0.2) is 17.5 Å². The fourth-order valence-corrected chi connectivity index (χ4v) is 3.86. The lowest BCUT2D eigenvalue weighted by atomic mass is 10.1. The van der Waals surface area contributed by atoms with Crippen LogP contribution in [0.25, 0.3) is 0 Å². The number of hydrogen-bond acceptors (Lipinski definition) is 4. The predicted molar refractivity (Wildman–Crippen MR) is 80.9 cm³/mol. The zero-order valence-electron chi connectivity index (χ0n) is 12.2. The van der Waals surface area contributed by atoms with Crippen molar-refractivity contribution in [1.82, 2.24) is 9.62 Å². The number of sulfonamides is 1. The Morgan fingerprint density at radius 1 is 1.33 bits per heavy atom. The topological polar surface area (TPSA) is 75.4 Å². The van der Waals surface area contributed by atoms with Gasteiger partial charge >= 0.3 is 0 Å². The quantitative estimate of drug-likeness (QED) is 0.809. The average molecular weight is 315 g/mol. The maximum absolute atomic E-state index is 13.1. The number of halogens is 1. The van der Waals surface area contributed by atoms with Crippen LogP contribution in [0.2, 0.25) is 0 Å². The van der Waals surface area contributed by atoms with E-state index in [-0.39, 0.29) is 16.6 Å². The Hall–Kier alpha value is -1.18. The van der Waals surface area contributed by atoms with Gasteiger partial charge in [0.1, 0.15) is 5.82 Å². The van der Waals surface area contributed by atoms with Crippen molar-refractivity contribution in [2.45, 2.75) is 37.1 Å². The fraction of sp³-hybridized carbons (Fsp3) is 0.571. The van der Waals surface area contributed by atoms with Crippen LogP contribution >= 0.6 is 0 Å². The second-order valence-corrected chi connectivity index (χ2v) is 7.28. The van der Waals surface area contributed by atoms with Crippen molar-refractivity contribution in [3.63, 3.8) is 0 Å². The molecule has 1 heterocycles. The third kappa shape index (κ3) is 4.39. The highest BCUT2D eigenvalue weighted by atomic mass is 32.2. The van der Waals surface area contributed by atoms with Gasteiger partial charge < -0.3 is 10.6 Å². The minimum atomic E-state index is -3.67. The third-order valence-corrected chi connectivity index (χ3v) is 5.20. The number of likely N-dealkylation sites (tertiary alicyclic amines) is 1. The Morgan fingerprint density at radius 3 is 2.62 bits per heavy atom. The van der Waals surface area contributed by atoms with Crippen molar-refractivity contribution in [1.29, 1.82) is 0 Å². The first-order valence-electron chi connectivity index (χ1n) is 7.18. The molecule has 7 heteroatoms. The Labute approximate surface area is 125 Å². The van der Waals surface area contributed by atoms with Gasteiger partial charge in [-0.3, -0.25) is 0 Å². The standard InChI is InChI=1S/C14H22FN3O2S/c1-11(10-18-7-3-2-4-8-18)17-21(19,20)12-5-6-13(15)14(16)9-12/h5-6,9,11,17H,2-4,7-8,10,16H2,1H3. The van der Waals surface area contributed by atoms with Gasteiger partial charge in [-0.2, -0.15) is 0 Å². The Balaban J connectivity index is 2.00. The molecule has 1 atom stereocenters. The molecule has 3 N–H and O–H groups in total. The van der Waals surface area contributed by atoms with Crippen LogP contribution in [0.1, 0.15) is 26.2 Å². The number of nitrogen functional groups attached to an aromatic ring is 1. The van der Waals surface area contributed by atoms with Crippen molar-refractivity contribution in [2.75, 3.05) is 25.4 Å². The lowest BCUT2D eigenvalue weighted by Gasteiger charge is -2.29. The Kier molecular flexibility index (Phi) is 5.18. The first kappa shape index (κ1) is 16.2. The second kappa shape index (κ2) is 6.72. The van der Waals surface area contributed by atoms with Gasteiger partial charge in [-0.05, 0) is 51.1 Å². The third-order valence-electron chi connectivity index (χ3n) is 3.61. The zero-order chi connectivity index (χ0) is 15.5. The van der Waals surface area contributed by atoms with E-state index in [9.17, 15) is 12.8 Å². The van der Waals surface area contributed by atoms with Crippen LogP contribution in [0.3, 0.4) is 0 Å². The van der Waals surface area contributed by atoms with Gasteiger partial charge in [0.15, 0.2) is 0 Å². The number of anilines is 1. The fourth-order valence-electron chi connectivity index (χ4n) is 2.59. The van der Waals surface area contributed by atoms with Crippen molar-refractivity contribution >= 4 is 15.7 Å². The maximum Gasteiger partial charge on any atom is 0.240 e. The number of nitrogens with one attached hydrogen (secondary N) is 1. The van der Waals surface area contributed by atoms with Gasteiger partial charge in [-0.1, -0.05) is 6.42 Å². The Bertz CT molecular complexity index is 586. The average Bonchev–Trinajstić information content (AvgIpc) is 2.42. The molecule has 1 unspecified atom stereocenters. The van der Waals surface area contributed by atoms with Crippen molar-refractivity contribution in [3.8, 4) is 0 Å². The molecule has 0 aliphatic carbocycles. The first-order chi connectivity index (χ1) is 9.88. The van der Waals surface area contributed by atoms with E-state index >= 15 is 0 Å². The predicted octanol–water partition coefficient (Wildman–Crippen LogP) is 1.56. The van der Waals surface area contributed by atoms with E-state index < -0.39 is 15.8 Å². The van der Waals surface area contributed by atoms with Crippen LogP contribution in [0, 0.1) is 5.82 Å². The number of hydrogen-bond donors (Lipinski definition) is 2. The van der Waals surface area contributed by atoms with E-state index in [0.717, 1.165) is 38.1 Å². The molecule has 0 bridgehead atoms. The first-order valence-corrected chi connectivity index (χ1v) is 8.66. The summed E-state index contributed by atoms with van der Waals surface area (Å²) in [4.78, 5) is 2.25. The maximum atomic E-state index is 13.1. The van der Waals surface area contributed by atoms with E-state index in [4.69, 9.17) is 5.73 Å². The van der Waals surface area contributed by atoms with E-state index in [1.54, 1.807) is 0 Å². The van der Waals surface area contributed by atoms with Gasteiger partial charge in [-0.15, -0.1) is 0 Å². The molecule has 2 rings (SSSR count). The number of rotatable bonds is 5. The molecular formula is C14H22FN3O2S. The highest BCUT2D eigenvalue weighted by Gasteiger charge is 2.20. The molecule has 1 fully saturated rings. The molecule has 0 aromatic heterocycles. The molecule has 1 aromatic carbocycles. The number of nitrogens with zero attached hydrogens (tertiary/aromatic N) is 1. The summed E-state index contributed by atoms with van der Waals surface area (Å²) < 4.78 is 40.2. The van der Waals surface area contributed by atoms with E-state index in [1.807, 2.05) is 6.92 Å². The monoisotopic (exact) mass is 315 g/mol. The van der Waals surface area contributed by atoms with Crippen molar-refractivity contribution in [3.05, 3.63) is 24.0 Å². The molecule has 1 aromatic rings. The molecule has 5 nitrogen and oxygen atoms in total. The number of benzene rings is 1. The van der Waals surface area contributed by atoms with E-state index in [0.29, 0.717) is 6.54 Å². The van der Waals surface area contributed by atoms with Crippen LogP contribution in [0.15, 0.2) is 23.1 Å². The molecule has 1 aliphatic rings. The van der Waals surface area contributed by atoms with Crippen LogP contribution in [-0.4, -0.2) is 39.0 Å². The summed E-state index contributed by atoms with van der Waals surface area (Å²) in [5, 5.41) is 0. The SMILES string of the molecule is CC(CN1CCCCC1)NS(=O)(=O)c1ccc(F)c(N)c1. The normalized spacial score (nSPS) is 18.6. The van der Waals surface area contributed by atoms with Crippen molar-refractivity contribution < 1.29 is 12.8 Å². The minimum Gasteiger partial charge on any atom is -0.396 e. The van der Waals surface area contributed by atoms with E-state index in [2.05, 4.69) is 9.62 Å². The number of piperidine rings is 1. The molecule has 0 amide bonds. The van der Waals surface area contributed by atoms with Crippen LogP contribution in [0.4, 0.5) is 10.1 Å². The van der Waals surface area contributed by atoms with Crippen LogP contribution in [-0.2, 0) is 10.0 Å². The summed E-state index contributed by atoms with van der Waals surface area (Å²) in [6.45, 7) is 4.53. The minimum absolute atomic E-state index is 0.00751. The van der Waals surface area contributed by atoms with Crippen LogP contribution < -0.4 is 10.5 Å². The lowest BCUT2D eigenvalue weighted by molar-refractivity contribution is 0.215. The summed E-state index contributed by atoms with van der Waals surface area (Å²) in [5.74, 6) is -0.615. The van der Waals surface area contributed by atoms with Crippen molar-refractivity contribution in [2.24, 2.45) is 0 Å². The molecule has 1 saturated heterocycles. The lowest BCUT2D eigenvalue weighted by Crippen LogP contribution is -2.43. The highest BCUT2D eigenvalue weighted by molar-refractivity contribution is 7.89. The molecule has 1 aliphatic heterocycles. The van der Waals surface area contributed by atoms with E-state index in [1.165, 1.54) is 12.5 Å². The van der Waals surface area contributed by atoms with Crippen LogP contribution in [0.5, 0.6) is 0 Å². The smallest absolute Gasteiger partial charge is 0.240 e. The summed E-state index contributed by atoms with van der Waals surface area (Å²) in [6.07, 6.45) is 3.56. The van der Waals surface area contributed by atoms with Gasteiger partial charge in [0.2, 0.25) is 10.0 Å². The largest absolute Gasteiger partial charge is 0.396 e. The summed E-state index contributed by atoms with van der Waals surface area (Å²) >= 11 is 0. The summed E-state index contributed by atoms with van der Waals surface area (Å²) in [5.41, 5.74) is 5.26. The molecule has 0 spiro atoms. The van der Waals surface area contributed by atoms with Gasteiger partial charge in [0, 0.05) is 12.6 Å². The molecule has 21 heavy (non-hydrogen) atoms.